The highest BCUT2D eigenvalue weighted by Gasteiger charge is 2.14. The second-order valence-corrected chi connectivity index (χ2v) is 8.20. The Balaban J connectivity index is 1.73. The molecule has 3 rings (SSSR count). The fourth-order valence-corrected chi connectivity index (χ4v) is 3.71. The molecule has 2 aromatic carbocycles. The third kappa shape index (κ3) is 6.91. The lowest BCUT2D eigenvalue weighted by molar-refractivity contribution is -0.384. The molecule has 1 heterocycles. The average molecular weight is 446 g/mol. The summed E-state index contributed by atoms with van der Waals surface area (Å²) in [5.41, 5.74) is 4.39. The van der Waals surface area contributed by atoms with Gasteiger partial charge in [-0.1, -0.05) is 44.0 Å². The van der Waals surface area contributed by atoms with Gasteiger partial charge in [-0.05, 0) is 60.4 Å². The van der Waals surface area contributed by atoms with Crippen LogP contribution in [0, 0.1) is 17.0 Å². The second kappa shape index (κ2) is 11.8. The van der Waals surface area contributed by atoms with Crippen LogP contribution >= 0.6 is 0 Å². The molecule has 1 aromatic heterocycles. The number of carbonyl (C=O) groups is 1. The van der Waals surface area contributed by atoms with E-state index in [1.807, 2.05) is 17.0 Å². The number of benzene rings is 2. The van der Waals surface area contributed by atoms with Gasteiger partial charge in [0, 0.05) is 43.2 Å². The zero-order chi connectivity index (χ0) is 23.6. The van der Waals surface area contributed by atoms with Gasteiger partial charge in [-0.15, -0.1) is 0 Å². The van der Waals surface area contributed by atoms with Gasteiger partial charge in [-0.2, -0.15) is 0 Å². The molecule has 33 heavy (non-hydrogen) atoms. The number of nitro benzene ring substituents is 1. The molecule has 0 N–H and O–H groups in total. The van der Waals surface area contributed by atoms with Gasteiger partial charge in [0.1, 0.15) is 0 Å². The highest BCUT2D eigenvalue weighted by molar-refractivity contribution is 5.91. The summed E-state index contributed by atoms with van der Waals surface area (Å²) in [6, 6.07) is 18.6. The van der Waals surface area contributed by atoms with Crippen LogP contribution in [0.3, 0.4) is 0 Å². The molecule has 1 amide bonds. The van der Waals surface area contributed by atoms with Crippen molar-refractivity contribution in [1.82, 2.24) is 9.47 Å². The molecule has 0 radical (unpaired) electrons. The molecule has 3 aromatic rings. The van der Waals surface area contributed by atoms with E-state index in [-0.39, 0.29) is 11.6 Å². The van der Waals surface area contributed by atoms with Crippen LogP contribution < -0.4 is 0 Å². The van der Waals surface area contributed by atoms with Crippen LogP contribution in [0.25, 0.3) is 6.08 Å². The van der Waals surface area contributed by atoms with Gasteiger partial charge in [0.25, 0.3) is 5.69 Å². The van der Waals surface area contributed by atoms with Crippen molar-refractivity contribution in [3.63, 3.8) is 0 Å². The fourth-order valence-electron chi connectivity index (χ4n) is 3.71. The normalized spacial score (nSPS) is 11.1. The zero-order valence-corrected chi connectivity index (χ0v) is 19.3. The van der Waals surface area contributed by atoms with E-state index < -0.39 is 4.92 Å². The smallest absolute Gasteiger partial charge is 0.269 e. The molecular formula is C27H31N3O3. The number of hydrogen-bond acceptors (Lipinski definition) is 3. The molecule has 172 valence electrons. The summed E-state index contributed by atoms with van der Waals surface area (Å²) in [7, 11) is 0. The maximum atomic E-state index is 13.1. The molecule has 0 saturated carbocycles. The summed E-state index contributed by atoms with van der Waals surface area (Å²) in [4.78, 5) is 25.3. The lowest BCUT2D eigenvalue weighted by atomic mass is 10.1. The first kappa shape index (κ1) is 24.0. The van der Waals surface area contributed by atoms with E-state index in [0.29, 0.717) is 13.1 Å². The van der Waals surface area contributed by atoms with Gasteiger partial charge >= 0.3 is 0 Å². The van der Waals surface area contributed by atoms with Gasteiger partial charge in [-0.3, -0.25) is 14.9 Å². The van der Waals surface area contributed by atoms with Crippen molar-refractivity contribution in [3.05, 3.63) is 105 Å². The zero-order valence-electron chi connectivity index (χ0n) is 19.3. The van der Waals surface area contributed by atoms with Crippen molar-refractivity contribution in [2.75, 3.05) is 6.54 Å². The van der Waals surface area contributed by atoms with Gasteiger partial charge in [0.15, 0.2) is 0 Å². The van der Waals surface area contributed by atoms with Crippen LogP contribution in [-0.4, -0.2) is 26.8 Å². The molecule has 0 atom stereocenters. The minimum absolute atomic E-state index is 0.0362. The average Bonchev–Trinajstić information content (AvgIpc) is 3.25. The van der Waals surface area contributed by atoms with Crippen molar-refractivity contribution < 1.29 is 9.72 Å². The van der Waals surface area contributed by atoms with Crippen molar-refractivity contribution in [2.45, 2.75) is 46.2 Å². The molecular weight excluding hydrogens is 414 g/mol. The standard InChI is InChI=1S/C27H31N3O3/c1-3-4-7-18-29(27(31)17-14-23-12-15-25(16-13-23)30(32)33)21-26-11-8-19-28(26)20-24-10-6-5-9-22(24)2/h5-6,8-17,19H,3-4,7,18,20-21H2,1-2H3. The fraction of sp³-hybridized carbons (Fsp3) is 0.296. The first-order valence-corrected chi connectivity index (χ1v) is 11.4. The summed E-state index contributed by atoms with van der Waals surface area (Å²) in [5, 5.41) is 10.8. The lowest BCUT2D eigenvalue weighted by Crippen LogP contribution is -2.31. The van der Waals surface area contributed by atoms with Gasteiger partial charge in [0.05, 0.1) is 11.5 Å². The highest BCUT2D eigenvalue weighted by atomic mass is 16.6. The van der Waals surface area contributed by atoms with Crippen molar-refractivity contribution >= 4 is 17.7 Å². The quantitative estimate of drug-likeness (QED) is 0.158. The lowest BCUT2D eigenvalue weighted by Gasteiger charge is -2.22. The molecule has 0 aliphatic rings. The monoisotopic (exact) mass is 445 g/mol. The first-order chi connectivity index (χ1) is 16.0. The highest BCUT2D eigenvalue weighted by Crippen LogP contribution is 2.16. The number of non-ortho nitro benzene ring substituents is 1. The Hall–Kier alpha value is -3.67. The number of amides is 1. The summed E-state index contributed by atoms with van der Waals surface area (Å²) in [5.74, 6) is -0.0619. The number of aromatic nitrogens is 1. The molecule has 0 bridgehead atoms. The maximum absolute atomic E-state index is 13.1. The summed E-state index contributed by atoms with van der Waals surface area (Å²) < 4.78 is 2.20. The molecule has 6 heteroatoms. The minimum Gasteiger partial charge on any atom is -0.345 e. The summed E-state index contributed by atoms with van der Waals surface area (Å²) >= 11 is 0. The number of nitro groups is 1. The van der Waals surface area contributed by atoms with Gasteiger partial charge in [-0.25, -0.2) is 0 Å². The number of nitrogens with zero attached hydrogens (tertiary/aromatic N) is 3. The number of unbranched alkanes of at least 4 members (excludes halogenated alkanes) is 2. The van der Waals surface area contributed by atoms with E-state index in [1.54, 1.807) is 24.3 Å². The molecule has 0 spiro atoms. The Morgan fingerprint density at radius 2 is 1.82 bits per heavy atom. The van der Waals surface area contributed by atoms with E-state index in [2.05, 4.69) is 48.9 Å². The molecule has 0 aliphatic heterocycles. The Bertz CT molecular complexity index is 1100. The molecule has 0 fully saturated rings. The van der Waals surface area contributed by atoms with Crippen LogP contribution in [-0.2, 0) is 17.9 Å². The van der Waals surface area contributed by atoms with E-state index in [1.165, 1.54) is 23.3 Å². The minimum atomic E-state index is -0.430. The summed E-state index contributed by atoms with van der Waals surface area (Å²) in [6.07, 6.45) is 8.44. The molecule has 0 saturated heterocycles. The Morgan fingerprint density at radius 3 is 2.52 bits per heavy atom. The number of rotatable bonds is 11. The SMILES string of the molecule is CCCCCN(Cc1cccn1Cc1ccccc1C)C(=O)C=Cc1ccc([N+](=O)[O-])cc1. The molecule has 6 nitrogen and oxygen atoms in total. The van der Waals surface area contributed by atoms with Crippen LogP contribution in [0.2, 0.25) is 0 Å². The van der Waals surface area contributed by atoms with Crippen LogP contribution in [0.15, 0.2) is 72.9 Å². The Kier molecular flexibility index (Phi) is 8.58. The topological polar surface area (TPSA) is 68.4 Å². The largest absolute Gasteiger partial charge is 0.345 e. The predicted octanol–water partition coefficient (Wildman–Crippen LogP) is 5.99. The maximum Gasteiger partial charge on any atom is 0.269 e. The predicted molar refractivity (Wildman–Crippen MR) is 132 cm³/mol. The van der Waals surface area contributed by atoms with E-state index >= 15 is 0 Å². The van der Waals surface area contributed by atoms with Crippen LogP contribution in [0.1, 0.15) is 48.6 Å². The number of hydrogen-bond donors (Lipinski definition) is 0. The van der Waals surface area contributed by atoms with Crippen molar-refractivity contribution in [3.8, 4) is 0 Å². The van der Waals surface area contributed by atoms with E-state index in [9.17, 15) is 14.9 Å². The van der Waals surface area contributed by atoms with Crippen molar-refractivity contribution in [1.29, 1.82) is 0 Å². The Morgan fingerprint density at radius 1 is 1.06 bits per heavy atom. The van der Waals surface area contributed by atoms with Gasteiger partial charge < -0.3 is 9.47 Å². The Labute approximate surface area is 195 Å². The van der Waals surface area contributed by atoms with E-state index in [0.717, 1.165) is 37.1 Å². The van der Waals surface area contributed by atoms with Crippen molar-refractivity contribution in [2.24, 2.45) is 0 Å². The first-order valence-electron chi connectivity index (χ1n) is 11.4. The third-order valence-corrected chi connectivity index (χ3v) is 5.74. The summed E-state index contributed by atoms with van der Waals surface area (Å²) in [6.45, 7) is 6.25. The molecule has 0 aliphatic carbocycles. The van der Waals surface area contributed by atoms with Gasteiger partial charge in [0.2, 0.25) is 5.91 Å². The molecule has 0 unspecified atom stereocenters. The third-order valence-electron chi connectivity index (χ3n) is 5.74. The van der Waals surface area contributed by atoms with Crippen LogP contribution in [0.5, 0.6) is 0 Å². The number of carbonyl (C=O) groups excluding carboxylic acids is 1. The van der Waals surface area contributed by atoms with E-state index in [4.69, 9.17) is 0 Å². The second-order valence-electron chi connectivity index (χ2n) is 8.20. The number of aryl methyl sites for hydroxylation is 1. The van der Waals surface area contributed by atoms with Crippen LogP contribution in [0.4, 0.5) is 5.69 Å².